The third-order valence-electron chi connectivity index (χ3n) is 3.49. The number of nitrogens with zero attached hydrogens (tertiary/aromatic N) is 1. The molecule has 0 aromatic heterocycles. The summed E-state index contributed by atoms with van der Waals surface area (Å²) in [5.41, 5.74) is 9.27. The van der Waals surface area contributed by atoms with Gasteiger partial charge in [0.1, 0.15) is 6.10 Å². The summed E-state index contributed by atoms with van der Waals surface area (Å²) >= 11 is 0. The predicted molar refractivity (Wildman–Crippen MR) is 92.1 cm³/mol. The number of ether oxygens (including phenoxy) is 1. The molecule has 0 fully saturated rings. The van der Waals surface area contributed by atoms with Crippen LogP contribution < -0.4 is 11.1 Å². The Morgan fingerprint density at radius 1 is 1.18 bits per heavy atom. The molecule has 2 aromatic rings. The standard InChI is InChI=1S/C18H23N3O/c1-3-14-8-7-11-16(12-14)21-18(19)20-13-17(22-2)15-9-5-4-6-10-15/h4-12,17H,3,13H2,1-2H3,(H3,19,20,21). The first-order chi connectivity index (χ1) is 10.7. The second-order valence-electron chi connectivity index (χ2n) is 5.04. The van der Waals surface area contributed by atoms with Crippen LogP contribution in [0.1, 0.15) is 24.2 Å². The molecule has 3 N–H and O–H groups in total. The Hall–Kier alpha value is -2.33. The molecule has 0 spiro atoms. The van der Waals surface area contributed by atoms with Gasteiger partial charge in [0.2, 0.25) is 0 Å². The summed E-state index contributed by atoms with van der Waals surface area (Å²) in [7, 11) is 1.68. The smallest absolute Gasteiger partial charge is 0.193 e. The zero-order chi connectivity index (χ0) is 15.8. The van der Waals surface area contributed by atoms with Crippen LogP contribution in [0, 0.1) is 0 Å². The number of hydrogen-bond donors (Lipinski definition) is 2. The highest BCUT2D eigenvalue weighted by molar-refractivity contribution is 5.92. The van der Waals surface area contributed by atoms with Crippen LogP contribution in [-0.4, -0.2) is 19.6 Å². The first-order valence-corrected chi connectivity index (χ1v) is 7.46. The van der Waals surface area contributed by atoms with Crippen molar-refractivity contribution in [3.63, 3.8) is 0 Å². The van der Waals surface area contributed by atoms with Crippen LogP contribution in [0.2, 0.25) is 0 Å². The summed E-state index contributed by atoms with van der Waals surface area (Å²) in [6.07, 6.45) is 0.898. The Morgan fingerprint density at radius 2 is 1.95 bits per heavy atom. The van der Waals surface area contributed by atoms with Crippen molar-refractivity contribution in [2.75, 3.05) is 19.0 Å². The van der Waals surface area contributed by atoms with E-state index in [1.807, 2.05) is 42.5 Å². The maximum Gasteiger partial charge on any atom is 0.193 e. The van der Waals surface area contributed by atoms with Crippen LogP contribution in [-0.2, 0) is 11.2 Å². The number of anilines is 1. The molecule has 0 saturated heterocycles. The molecule has 1 atom stereocenters. The molecule has 4 nitrogen and oxygen atoms in total. The molecule has 1 unspecified atom stereocenters. The minimum absolute atomic E-state index is 0.0940. The number of benzene rings is 2. The van der Waals surface area contributed by atoms with Crippen LogP contribution in [0.4, 0.5) is 5.69 Å². The number of guanidine groups is 1. The number of nitrogens with two attached hydrogens (primary N) is 1. The number of aliphatic imine (C=N–C) groups is 1. The molecule has 0 saturated carbocycles. The molecule has 0 amide bonds. The first-order valence-electron chi connectivity index (χ1n) is 7.46. The van der Waals surface area contributed by atoms with Gasteiger partial charge >= 0.3 is 0 Å². The second-order valence-corrected chi connectivity index (χ2v) is 5.04. The summed E-state index contributed by atoms with van der Waals surface area (Å²) in [4.78, 5) is 4.38. The van der Waals surface area contributed by atoms with Gasteiger partial charge in [-0.25, -0.2) is 0 Å². The van der Waals surface area contributed by atoms with Gasteiger partial charge in [-0.15, -0.1) is 0 Å². The SMILES string of the molecule is CCc1cccc(NC(N)=NCC(OC)c2ccccc2)c1. The van der Waals surface area contributed by atoms with Gasteiger partial charge in [-0.3, -0.25) is 4.99 Å². The summed E-state index contributed by atoms with van der Waals surface area (Å²) in [5.74, 6) is 0.395. The molecule has 2 aromatic carbocycles. The fourth-order valence-corrected chi connectivity index (χ4v) is 2.22. The lowest BCUT2D eigenvalue weighted by molar-refractivity contribution is 0.111. The molecular formula is C18H23N3O. The molecule has 22 heavy (non-hydrogen) atoms. The van der Waals surface area contributed by atoms with Crippen LogP contribution >= 0.6 is 0 Å². The lowest BCUT2D eigenvalue weighted by Gasteiger charge is -2.14. The van der Waals surface area contributed by atoms with Gasteiger partial charge in [-0.1, -0.05) is 49.4 Å². The highest BCUT2D eigenvalue weighted by atomic mass is 16.5. The van der Waals surface area contributed by atoms with Gasteiger partial charge in [0.05, 0.1) is 6.54 Å². The molecule has 116 valence electrons. The fourth-order valence-electron chi connectivity index (χ4n) is 2.22. The van der Waals surface area contributed by atoms with E-state index >= 15 is 0 Å². The Kier molecular flexibility index (Phi) is 5.98. The Morgan fingerprint density at radius 3 is 2.64 bits per heavy atom. The Balaban J connectivity index is 1.99. The van der Waals surface area contributed by atoms with Crippen molar-refractivity contribution >= 4 is 11.6 Å². The molecule has 0 aliphatic rings. The molecule has 4 heteroatoms. The quantitative estimate of drug-likeness (QED) is 0.635. The molecule has 0 bridgehead atoms. The average molecular weight is 297 g/mol. The number of aryl methyl sites for hydroxylation is 1. The van der Waals surface area contributed by atoms with Crippen LogP contribution in [0.5, 0.6) is 0 Å². The van der Waals surface area contributed by atoms with E-state index in [2.05, 4.69) is 29.4 Å². The van der Waals surface area contributed by atoms with Crippen molar-refractivity contribution in [3.05, 3.63) is 65.7 Å². The molecule has 2 rings (SSSR count). The maximum atomic E-state index is 5.96. The number of nitrogens with one attached hydrogen (secondary N) is 1. The fraction of sp³-hybridized carbons (Fsp3) is 0.278. The first kappa shape index (κ1) is 16.0. The summed E-state index contributed by atoms with van der Waals surface area (Å²) in [6, 6.07) is 18.2. The van der Waals surface area contributed by atoms with E-state index in [-0.39, 0.29) is 6.10 Å². The van der Waals surface area contributed by atoms with E-state index in [1.54, 1.807) is 7.11 Å². The second kappa shape index (κ2) is 8.20. The number of rotatable bonds is 6. The van der Waals surface area contributed by atoms with Crippen LogP contribution in [0.3, 0.4) is 0 Å². The van der Waals surface area contributed by atoms with Crippen molar-refractivity contribution < 1.29 is 4.74 Å². The van der Waals surface area contributed by atoms with E-state index < -0.39 is 0 Å². The van der Waals surface area contributed by atoms with Crippen molar-refractivity contribution in [2.45, 2.75) is 19.4 Å². The Labute approximate surface area is 132 Å². The van der Waals surface area contributed by atoms with E-state index in [4.69, 9.17) is 10.5 Å². The molecular weight excluding hydrogens is 274 g/mol. The van der Waals surface area contributed by atoms with Gasteiger partial charge in [0.15, 0.2) is 5.96 Å². The van der Waals surface area contributed by atoms with Gasteiger partial charge in [-0.05, 0) is 29.7 Å². The lowest BCUT2D eigenvalue weighted by atomic mass is 10.1. The molecule has 0 aliphatic heterocycles. The maximum absolute atomic E-state index is 5.96. The monoisotopic (exact) mass is 297 g/mol. The third-order valence-corrected chi connectivity index (χ3v) is 3.49. The van der Waals surface area contributed by atoms with E-state index in [0.29, 0.717) is 12.5 Å². The molecule has 0 heterocycles. The third kappa shape index (κ3) is 4.60. The Bertz CT molecular complexity index is 611. The van der Waals surface area contributed by atoms with E-state index in [9.17, 15) is 0 Å². The topological polar surface area (TPSA) is 59.6 Å². The van der Waals surface area contributed by atoms with Crippen molar-refractivity contribution in [2.24, 2.45) is 10.7 Å². The normalized spacial score (nSPS) is 12.9. The summed E-state index contributed by atoms with van der Waals surface area (Å²) in [6.45, 7) is 2.60. The zero-order valence-electron chi connectivity index (χ0n) is 13.1. The van der Waals surface area contributed by atoms with Gasteiger partial charge in [-0.2, -0.15) is 0 Å². The zero-order valence-corrected chi connectivity index (χ0v) is 13.1. The van der Waals surface area contributed by atoms with E-state index in [1.165, 1.54) is 5.56 Å². The molecule has 0 aliphatic carbocycles. The average Bonchev–Trinajstić information content (AvgIpc) is 2.56. The van der Waals surface area contributed by atoms with Crippen molar-refractivity contribution in [1.82, 2.24) is 0 Å². The lowest BCUT2D eigenvalue weighted by Crippen LogP contribution is -2.24. The highest BCUT2D eigenvalue weighted by Crippen LogP contribution is 2.16. The summed E-state index contributed by atoms with van der Waals surface area (Å²) in [5, 5.41) is 3.12. The minimum Gasteiger partial charge on any atom is -0.375 e. The van der Waals surface area contributed by atoms with Gasteiger partial charge in [0, 0.05) is 12.8 Å². The van der Waals surface area contributed by atoms with E-state index in [0.717, 1.165) is 17.7 Å². The number of hydrogen-bond acceptors (Lipinski definition) is 2. The van der Waals surface area contributed by atoms with Crippen molar-refractivity contribution in [3.8, 4) is 0 Å². The summed E-state index contributed by atoms with van der Waals surface area (Å²) < 4.78 is 5.48. The predicted octanol–water partition coefficient (Wildman–Crippen LogP) is 3.36. The van der Waals surface area contributed by atoms with Crippen molar-refractivity contribution in [1.29, 1.82) is 0 Å². The van der Waals surface area contributed by atoms with Crippen LogP contribution in [0.15, 0.2) is 59.6 Å². The van der Waals surface area contributed by atoms with Gasteiger partial charge in [0.25, 0.3) is 0 Å². The minimum atomic E-state index is -0.0940. The van der Waals surface area contributed by atoms with Gasteiger partial charge < -0.3 is 15.8 Å². The largest absolute Gasteiger partial charge is 0.375 e. The number of methoxy groups -OCH3 is 1. The molecule has 0 radical (unpaired) electrons. The van der Waals surface area contributed by atoms with Crippen LogP contribution in [0.25, 0.3) is 0 Å². The highest BCUT2D eigenvalue weighted by Gasteiger charge is 2.09.